The summed E-state index contributed by atoms with van der Waals surface area (Å²) in [5.41, 5.74) is 3.87. The molecule has 0 saturated carbocycles. The van der Waals surface area contributed by atoms with Crippen molar-refractivity contribution >= 4 is 11.8 Å². The summed E-state index contributed by atoms with van der Waals surface area (Å²) in [6.07, 6.45) is 4.33. The van der Waals surface area contributed by atoms with Crippen molar-refractivity contribution < 1.29 is 9.84 Å². The predicted octanol–water partition coefficient (Wildman–Crippen LogP) is 5.16. The Hall–Kier alpha value is -2.31. The molecular formula is C30H36N2O2S. The van der Waals surface area contributed by atoms with E-state index < -0.39 is 0 Å². The van der Waals surface area contributed by atoms with E-state index >= 15 is 0 Å². The number of hydrogen-bond acceptors (Lipinski definition) is 5. The maximum Gasteiger partial charge on any atom is 0.123 e. The molecule has 5 atom stereocenters. The van der Waals surface area contributed by atoms with Crippen LogP contribution in [0.1, 0.15) is 35.4 Å². The summed E-state index contributed by atoms with van der Waals surface area (Å²) < 4.78 is 5.70. The lowest BCUT2D eigenvalue weighted by Gasteiger charge is -2.57. The molecule has 3 fully saturated rings. The van der Waals surface area contributed by atoms with E-state index in [1.54, 1.807) is 18.9 Å². The molecule has 0 aromatic heterocycles. The monoisotopic (exact) mass is 488 g/mol. The standard InChI is InChI=1S/C30H36N2O2S/c1-34-27-14-13-26(35-2)18-24(27)19-31-29-23-15-16-32(25(17-23)20-33)30(29)28(21-9-5-3-6-10-21)22-11-7-4-8-12-22/h3-14,18,23,25,28-31,33H,15-17,19-20H2,1-2H3/t23-,25-,29-,30-/m1/s1. The van der Waals surface area contributed by atoms with Crippen LogP contribution in [0.5, 0.6) is 5.75 Å². The Morgan fingerprint density at radius 1 is 1.03 bits per heavy atom. The van der Waals surface area contributed by atoms with E-state index in [1.165, 1.54) is 28.0 Å². The van der Waals surface area contributed by atoms with Gasteiger partial charge in [-0.3, -0.25) is 4.90 Å². The number of ether oxygens (including phenoxy) is 1. The van der Waals surface area contributed by atoms with Crippen LogP contribution in [-0.2, 0) is 6.54 Å². The van der Waals surface area contributed by atoms with Crippen molar-refractivity contribution in [3.05, 3.63) is 95.6 Å². The van der Waals surface area contributed by atoms with Crippen LogP contribution in [0.2, 0.25) is 0 Å². The van der Waals surface area contributed by atoms with Crippen LogP contribution in [0.4, 0.5) is 0 Å². The van der Waals surface area contributed by atoms with Crippen molar-refractivity contribution in [3.63, 3.8) is 0 Å². The Labute approximate surface area is 213 Å². The van der Waals surface area contributed by atoms with Gasteiger partial charge in [0, 0.05) is 41.0 Å². The minimum Gasteiger partial charge on any atom is -0.496 e. The molecule has 1 unspecified atom stereocenters. The zero-order valence-corrected chi connectivity index (χ0v) is 21.5. The van der Waals surface area contributed by atoms with E-state index in [2.05, 4.69) is 95.3 Å². The first-order valence-corrected chi connectivity index (χ1v) is 13.9. The van der Waals surface area contributed by atoms with Gasteiger partial charge in [-0.15, -0.1) is 11.8 Å². The summed E-state index contributed by atoms with van der Waals surface area (Å²) in [5, 5.41) is 14.3. The molecule has 0 spiro atoms. The molecule has 3 aromatic rings. The summed E-state index contributed by atoms with van der Waals surface area (Å²) in [6.45, 7) is 2.03. The number of fused-ring (bicyclic) bond motifs is 3. The topological polar surface area (TPSA) is 44.7 Å². The Bertz CT molecular complexity index is 1050. The molecule has 3 aliphatic rings. The second kappa shape index (κ2) is 11.2. The van der Waals surface area contributed by atoms with Crippen molar-refractivity contribution in [2.45, 2.75) is 48.3 Å². The number of benzene rings is 3. The molecule has 4 nitrogen and oxygen atoms in total. The van der Waals surface area contributed by atoms with Crippen LogP contribution in [0.15, 0.2) is 83.8 Å². The van der Waals surface area contributed by atoms with Crippen LogP contribution in [0.3, 0.4) is 0 Å². The van der Waals surface area contributed by atoms with Crippen LogP contribution >= 0.6 is 11.8 Å². The Morgan fingerprint density at radius 2 is 1.71 bits per heavy atom. The molecule has 0 radical (unpaired) electrons. The first kappa shape index (κ1) is 24.4. The fourth-order valence-electron chi connectivity index (χ4n) is 6.33. The van der Waals surface area contributed by atoms with Gasteiger partial charge in [-0.2, -0.15) is 0 Å². The van der Waals surface area contributed by atoms with E-state index in [4.69, 9.17) is 4.74 Å². The van der Waals surface area contributed by atoms with E-state index in [9.17, 15) is 5.11 Å². The number of piperidine rings is 3. The van der Waals surface area contributed by atoms with Gasteiger partial charge in [-0.25, -0.2) is 0 Å². The zero-order valence-electron chi connectivity index (χ0n) is 20.6. The van der Waals surface area contributed by atoms with Gasteiger partial charge in [0.1, 0.15) is 5.75 Å². The second-order valence-corrected chi connectivity index (χ2v) is 10.6. The molecule has 2 N–H and O–H groups in total. The SMILES string of the molecule is COc1ccc(SC)cc1CN[C@@H]1[C@@H]2CCN([C@@H](CO)C2)[C@@H]1C(c1ccccc1)c1ccccc1. The van der Waals surface area contributed by atoms with Gasteiger partial charge in [0.05, 0.1) is 13.7 Å². The smallest absolute Gasteiger partial charge is 0.123 e. The molecule has 0 amide bonds. The van der Waals surface area contributed by atoms with Gasteiger partial charge >= 0.3 is 0 Å². The summed E-state index contributed by atoms with van der Waals surface area (Å²) in [5.74, 6) is 1.70. The maximum absolute atomic E-state index is 10.3. The summed E-state index contributed by atoms with van der Waals surface area (Å²) in [6, 6.07) is 29.1. The average Bonchev–Trinajstić information content (AvgIpc) is 2.93. The van der Waals surface area contributed by atoms with Gasteiger partial charge in [0.15, 0.2) is 0 Å². The lowest BCUT2D eigenvalue weighted by atomic mass is 9.68. The van der Waals surface area contributed by atoms with Crippen LogP contribution in [0.25, 0.3) is 0 Å². The first-order chi connectivity index (χ1) is 17.2. The third kappa shape index (κ3) is 5.01. The molecule has 2 bridgehead atoms. The molecule has 6 rings (SSSR count). The summed E-state index contributed by atoms with van der Waals surface area (Å²) in [4.78, 5) is 3.84. The number of rotatable bonds is 9. The van der Waals surface area contributed by atoms with Gasteiger partial charge in [-0.1, -0.05) is 60.7 Å². The molecule has 3 saturated heterocycles. The number of thioether (sulfide) groups is 1. The summed E-state index contributed by atoms with van der Waals surface area (Å²) in [7, 11) is 1.75. The van der Waals surface area contributed by atoms with Crippen molar-refractivity contribution in [2.75, 3.05) is 26.5 Å². The fraction of sp³-hybridized carbons (Fsp3) is 0.400. The Morgan fingerprint density at radius 3 is 2.31 bits per heavy atom. The third-order valence-electron chi connectivity index (χ3n) is 7.95. The van der Waals surface area contributed by atoms with E-state index in [0.29, 0.717) is 12.0 Å². The lowest BCUT2D eigenvalue weighted by Crippen LogP contribution is -2.68. The van der Waals surface area contributed by atoms with Gasteiger partial charge in [0.2, 0.25) is 0 Å². The quantitative estimate of drug-likeness (QED) is 0.407. The summed E-state index contributed by atoms with van der Waals surface area (Å²) >= 11 is 1.76. The molecule has 184 valence electrons. The minimum atomic E-state index is 0.222. The largest absolute Gasteiger partial charge is 0.496 e. The van der Waals surface area contributed by atoms with Crippen molar-refractivity contribution in [1.29, 1.82) is 0 Å². The number of hydrogen-bond donors (Lipinski definition) is 2. The molecule has 3 aromatic carbocycles. The predicted molar refractivity (Wildman–Crippen MR) is 144 cm³/mol. The molecule has 35 heavy (non-hydrogen) atoms. The van der Waals surface area contributed by atoms with Crippen LogP contribution in [-0.4, -0.2) is 54.6 Å². The molecule has 0 aliphatic carbocycles. The highest BCUT2D eigenvalue weighted by Gasteiger charge is 2.49. The van der Waals surface area contributed by atoms with Gasteiger partial charge in [-0.05, 0) is 60.9 Å². The first-order valence-electron chi connectivity index (χ1n) is 12.6. The molecule has 3 heterocycles. The zero-order chi connectivity index (χ0) is 24.2. The molecule has 5 heteroatoms. The Kier molecular flexibility index (Phi) is 7.78. The van der Waals surface area contributed by atoms with E-state index in [1.807, 2.05) is 0 Å². The number of nitrogens with zero attached hydrogens (tertiary/aromatic N) is 1. The van der Waals surface area contributed by atoms with Crippen molar-refractivity contribution in [2.24, 2.45) is 5.92 Å². The highest BCUT2D eigenvalue weighted by Crippen LogP contribution is 2.44. The molecule has 3 aliphatic heterocycles. The van der Waals surface area contributed by atoms with Crippen LogP contribution in [0, 0.1) is 5.92 Å². The number of methoxy groups -OCH3 is 1. The van der Waals surface area contributed by atoms with Crippen molar-refractivity contribution in [1.82, 2.24) is 10.2 Å². The number of aliphatic hydroxyl groups excluding tert-OH is 1. The second-order valence-electron chi connectivity index (χ2n) is 9.73. The van der Waals surface area contributed by atoms with E-state index in [0.717, 1.165) is 25.3 Å². The van der Waals surface area contributed by atoms with Crippen LogP contribution < -0.4 is 10.1 Å². The highest BCUT2D eigenvalue weighted by atomic mass is 32.2. The van der Waals surface area contributed by atoms with Gasteiger partial charge < -0.3 is 15.2 Å². The lowest BCUT2D eigenvalue weighted by molar-refractivity contribution is -0.0564. The average molecular weight is 489 g/mol. The maximum atomic E-state index is 10.3. The van der Waals surface area contributed by atoms with Gasteiger partial charge in [0.25, 0.3) is 0 Å². The minimum absolute atomic E-state index is 0.222. The fourth-order valence-corrected chi connectivity index (χ4v) is 6.79. The normalized spacial score (nSPS) is 25.7. The number of nitrogens with one attached hydrogen (secondary N) is 1. The highest BCUT2D eigenvalue weighted by molar-refractivity contribution is 7.98. The van der Waals surface area contributed by atoms with E-state index in [-0.39, 0.29) is 24.6 Å². The number of aliphatic hydroxyl groups is 1. The molecular weight excluding hydrogens is 452 g/mol. The Balaban J connectivity index is 1.52. The third-order valence-corrected chi connectivity index (χ3v) is 8.67. The van der Waals surface area contributed by atoms with Crippen molar-refractivity contribution in [3.8, 4) is 5.75 Å².